The van der Waals surface area contributed by atoms with Crippen molar-refractivity contribution in [2.75, 3.05) is 5.32 Å². The summed E-state index contributed by atoms with van der Waals surface area (Å²) in [5, 5.41) is 11.8. The molecule has 0 aliphatic heterocycles. The van der Waals surface area contributed by atoms with Gasteiger partial charge in [0.25, 0.3) is 0 Å². The van der Waals surface area contributed by atoms with Crippen LogP contribution in [0.25, 0.3) is 11.4 Å². The second-order valence-electron chi connectivity index (χ2n) is 6.19. The SMILES string of the molecule is Cn1cnnc1-c1ccc(NC(C2CC2)C2CC2)cc1. The molecule has 2 fully saturated rings. The number of rotatable bonds is 5. The van der Waals surface area contributed by atoms with Gasteiger partial charge in [-0.05, 0) is 61.8 Å². The maximum atomic E-state index is 4.15. The van der Waals surface area contributed by atoms with Crippen molar-refractivity contribution in [2.24, 2.45) is 18.9 Å². The van der Waals surface area contributed by atoms with E-state index in [9.17, 15) is 0 Å². The molecule has 1 N–H and O–H groups in total. The van der Waals surface area contributed by atoms with Crippen LogP contribution in [0.15, 0.2) is 30.6 Å². The van der Waals surface area contributed by atoms with E-state index in [1.165, 1.54) is 31.4 Å². The van der Waals surface area contributed by atoms with Gasteiger partial charge in [0.05, 0.1) is 0 Å². The van der Waals surface area contributed by atoms with E-state index in [0.29, 0.717) is 6.04 Å². The lowest BCUT2D eigenvalue weighted by molar-refractivity contribution is 0.568. The van der Waals surface area contributed by atoms with Gasteiger partial charge in [0.2, 0.25) is 0 Å². The normalized spacial score (nSPS) is 18.5. The largest absolute Gasteiger partial charge is 0.382 e. The van der Waals surface area contributed by atoms with Crippen LogP contribution in [0.4, 0.5) is 5.69 Å². The van der Waals surface area contributed by atoms with Crippen LogP contribution in [0.1, 0.15) is 25.7 Å². The van der Waals surface area contributed by atoms with Crippen LogP contribution in [0.2, 0.25) is 0 Å². The molecular formula is C16H20N4. The van der Waals surface area contributed by atoms with Gasteiger partial charge in [-0.3, -0.25) is 0 Å². The molecule has 2 aromatic rings. The molecule has 0 spiro atoms. The lowest BCUT2D eigenvalue weighted by Crippen LogP contribution is -2.24. The molecule has 1 heterocycles. The average Bonchev–Trinajstić information content (AvgIpc) is 3.36. The summed E-state index contributed by atoms with van der Waals surface area (Å²) in [4.78, 5) is 0. The van der Waals surface area contributed by atoms with E-state index >= 15 is 0 Å². The van der Waals surface area contributed by atoms with Crippen LogP contribution in [0.5, 0.6) is 0 Å². The molecule has 0 atom stereocenters. The minimum absolute atomic E-state index is 0.704. The van der Waals surface area contributed by atoms with E-state index in [-0.39, 0.29) is 0 Å². The number of anilines is 1. The Labute approximate surface area is 119 Å². The van der Waals surface area contributed by atoms with Gasteiger partial charge in [-0.2, -0.15) is 0 Å². The minimum Gasteiger partial charge on any atom is -0.382 e. The molecule has 1 aromatic heterocycles. The third-order valence-corrected chi connectivity index (χ3v) is 4.45. The van der Waals surface area contributed by atoms with E-state index in [4.69, 9.17) is 0 Å². The molecule has 0 unspecified atom stereocenters. The van der Waals surface area contributed by atoms with Crippen LogP contribution in [-0.4, -0.2) is 20.8 Å². The van der Waals surface area contributed by atoms with Crippen molar-refractivity contribution < 1.29 is 0 Å². The predicted octanol–water partition coefficient (Wildman–Crippen LogP) is 3.08. The molecule has 2 saturated carbocycles. The van der Waals surface area contributed by atoms with Crippen molar-refractivity contribution >= 4 is 5.69 Å². The fourth-order valence-corrected chi connectivity index (χ4v) is 2.98. The van der Waals surface area contributed by atoms with E-state index < -0.39 is 0 Å². The molecule has 0 amide bonds. The lowest BCUT2D eigenvalue weighted by Gasteiger charge is -2.19. The maximum Gasteiger partial charge on any atom is 0.163 e. The fraction of sp³-hybridized carbons (Fsp3) is 0.500. The Bertz CT molecular complexity index is 581. The Balaban J connectivity index is 1.51. The number of hydrogen-bond acceptors (Lipinski definition) is 3. The summed E-state index contributed by atoms with van der Waals surface area (Å²) in [5.74, 6) is 2.75. The lowest BCUT2D eigenvalue weighted by atomic mass is 10.1. The van der Waals surface area contributed by atoms with Crippen LogP contribution < -0.4 is 5.32 Å². The summed E-state index contributed by atoms with van der Waals surface area (Å²) in [6, 6.07) is 9.30. The quantitative estimate of drug-likeness (QED) is 0.906. The molecule has 2 aliphatic carbocycles. The van der Waals surface area contributed by atoms with Gasteiger partial charge in [0.1, 0.15) is 6.33 Å². The molecule has 104 valence electrons. The van der Waals surface area contributed by atoms with Crippen molar-refractivity contribution in [3.63, 3.8) is 0 Å². The van der Waals surface area contributed by atoms with Gasteiger partial charge in [-0.15, -0.1) is 10.2 Å². The molecule has 4 heteroatoms. The molecular weight excluding hydrogens is 248 g/mol. The van der Waals surface area contributed by atoms with E-state index in [1.54, 1.807) is 6.33 Å². The van der Waals surface area contributed by atoms with Crippen molar-refractivity contribution in [3.05, 3.63) is 30.6 Å². The Kier molecular flexibility index (Phi) is 2.76. The fourth-order valence-electron chi connectivity index (χ4n) is 2.98. The number of aromatic nitrogens is 3. The van der Waals surface area contributed by atoms with E-state index in [1.807, 2.05) is 11.6 Å². The zero-order chi connectivity index (χ0) is 13.5. The van der Waals surface area contributed by atoms with Gasteiger partial charge in [0.15, 0.2) is 5.82 Å². The van der Waals surface area contributed by atoms with Crippen molar-refractivity contribution in [2.45, 2.75) is 31.7 Å². The molecule has 2 aliphatic rings. The topological polar surface area (TPSA) is 42.7 Å². The highest BCUT2D eigenvalue weighted by Gasteiger charge is 2.41. The van der Waals surface area contributed by atoms with E-state index in [0.717, 1.165) is 23.2 Å². The number of nitrogens with zero attached hydrogens (tertiary/aromatic N) is 3. The van der Waals surface area contributed by atoms with E-state index in [2.05, 4.69) is 39.8 Å². The maximum absolute atomic E-state index is 4.15. The van der Waals surface area contributed by atoms with Gasteiger partial charge < -0.3 is 9.88 Å². The standard InChI is InChI=1S/C16H20N4/c1-20-10-17-19-16(20)13-6-8-14(9-7-13)18-15(11-2-3-11)12-4-5-12/h6-12,15,18H,2-5H2,1H3. The van der Waals surface area contributed by atoms with Crippen LogP contribution >= 0.6 is 0 Å². The first kappa shape index (κ1) is 11.9. The summed E-state index contributed by atoms with van der Waals surface area (Å²) in [6.45, 7) is 0. The first-order valence-electron chi connectivity index (χ1n) is 7.52. The number of benzene rings is 1. The third-order valence-electron chi connectivity index (χ3n) is 4.45. The molecule has 4 nitrogen and oxygen atoms in total. The molecule has 0 saturated heterocycles. The van der Waals surface area contributed by atoms with Crippen molar-refractivity contribution in [3.8, 4) is 11.4 Å². The number of hydrogen-bond donors (Lipinski definition) is 1. The first-order chi connectivity index (χ1) is 9.81. The highest BCUT2D eigenvalue weighted by atomic mass is 15.2. The monoisotopic (exact) mass is 268 g/mol. The van der Waals surface area contributed by atoms with Gasteiger partial charge in [0, 0.05) is 24.3 Å². The highest BCUT2D eigenvalue weighted by Crippen LogP contribution is 2.45. The molecule has 1 aromatic carbocycles. The zero-order valence-corrected chi connectivity index (χ0v) is 11.8. The van der Waals surface area contributed by atoms with Crippen LogP contribution in [-0.2, 0) is 7.05 Å². The molecule has 0 bridgehead atoms. The summed E-state index contributed by atoms with van der Waals surface area (Å²) >= 11 is 0. The van der Waals surface area contributed by atoms with Gasteiger partial charge in [-0.25, -0.2) is 0 Å². The van der Waals surface area contributed by atoms with Gasteiger partial charge in [-0.1, -0.05) is 0 Å². The van der Waals surface area contributed by atoms with Gasteiger partial charge >= 0.3 is 0 Å². The van der Waals surface area contributed by atoms with Crippen LogP contribution in [0, 0.1) is 11.8 Å². The summed E-state index contributed by atoms with van der Waals surface area (Å²) in [5.41, 5.74) is 2.35. The highest BCUT2D eigenvalue weighted by molar-refractivity contribution is 5.60. The number of aryl methyl sites for hydroxylation is 1. The van der Waals surface area contributed by atoms with Crippen molar-refractivity contribution in [1.29, 1.82) is 0 Å². The second-order valence-corrected chi connectivity index (χ2v) is 6.19. The second kappa shape index (κ2) is 4.62. The number of nitrogens with one attached hydrogen (secondary N) is 1. The molecule has 20 heavy (non-hydrogen) atoms. The predicted molar refractivity (Wildman–Crippen MR) is 79.3 cm³/mol. The zero-order valence-electron chi connectivity index (χ0n) is 11.8. The Morgan fingerprint density at radius 2 is 1.75 bits per heavy atom. The summed E-state index contributed by atoms with van der Waals surface area (Å²) in [6.07, 6.45) is 7.37. The van der Waals surface area contributed by atoms with Crippen molar-refractivity contribution in [1.82, 2.24) is 14.8 Å². The summed E-state index contributed by atoms with van der Waals surface area (Å²) in [7, 11) is 1.97. The Morgan fingerprint density at radius 1 is 1.10 bits per heavy atom. The smallest absolute Gasteiger partial charge is 0.163 e. The van der Waals surface area contributed by atoms with Crippen LogP contribution in [0.3, 0.4) is 0 Å². The molecule has 4 rings (SSSR count). The average molecular weight is 268 g/mol. The Hall–Kier alpha value is -1.84. The third kappa shape index (κ3) is 2.30. The minimum atomic E-state index is 0.704. The molecule has 0 radical (unpaired) electrons. The first-order valence-corrected chi connectivity index (χ1v) is 7.52. The Morgan fingerprint density at radius 3 is 2.25 bits per heavy atom. The summed E-state index contributed by atoms with van der Waals surface area (Å²) < 4.78 is 1.94.